The predicted molar refractivity (Wildman–Crippen MR) is 87.8 cm³/mol. The van der Waals surface area contributed by atoms with Crippen LogP contribution in [-0.4, -0.2) is 12.6 Å². The van der Waals surface area contributed by atoms with E-state index in [2.05, 4.69) is 31.9 Å². The van der Waals surface area contributed by atoms with Gasteiger partial charge in [0, 0.05) is 14.5 Å². The highest BCUT2D eigenvalue weighted by atomic mass is 79.9. The summed E-state index contributed by atoms with van der Waals surface area (Å²) in [6.45, 7) is 0.229. The van der Waals surface area contributed by atoms with Crippen LogP contribution in [0.5, 0.6) is 11.5 Å². The summed E-state index contributed by atoms with van der Waals surface area (Å²) >= 11 is 6.81. The topological polar surface area (TPSA) is 35.5 Å². The molecule has 0 radical (unpaired) electrons. The molecule has 106 valence electrons. The summed E-state index contributed by atoms with van der Waals surface area (Å²) < 4.78 is 12.4. The number of fused-ring (bicyclic) bond motifs is 1. The van der Waals surface area contributed by atoms with Crippen molar-refractivity contribution in [1.82, 2.24) is 0 Å². The highest BCUT2D eigenvalue weighted by Crippen LogP contribution is 2.37. The van der Waals surface area contributed by atoms with Crippen LogP contribution in [-0.2, 0) is 0 Å². The summed E-state index contributed by atoms with van der Waals surface area (Å²) in [6.07, 6.45) is 3.31. The second-order valence-electron chi connectivity index (χ2n) is 4.43. The maximum Gasteiger partial charge on any atom is 0.231 e. The third-order valence-electron chi connectivity index (χ3n) is 3.03. The van der Waals surface area contributed by atoms with E-state index in [0.717, 1.165) is 14.5 Å². The van der Waals surface area contributed by atoms with Crippen molar-refractivity contribution in [2.45, 2.75) is 0 Å². The fourth-order valence-corrected chi connectivity index (χ4v) is 2.66. The third kappa shape index (κ3) is 3.19. The van der Waals surface area contributed by atoms with Gasteiger partial charge in [0.15, 0.2) is 17.3 Å². The molecule has 1 aliphatic heterocycles. The van der Waals surface area contributed by atoms with Crippen molar-refractivity contribution in [3.05, 3.63) is 62.5 Å². The number of halogens is 2. The average molecular weight is 410 g/mol. The highest BCUT2D eigenvalue weighted by molar-refractivity contribution is 9.10. The van der Waals surface area contributed by atoms with Crippen LogP contribution in [0.25, 0.3) is 6.08 Å². The molecule has 0 bridgehead atoms. The van der Waals surface area contributed by atoms with Crippen molar-refractivity contribution in [3.8, 4) is 11.5 Å². The van der Waals surface area contributed by atoms with Gasteiger partial charge < -0.3 is 9.47 Å². The first-order chi connectivity index (χ1) is 10.1. The van der Waals surface area contributed by atoms with E-state index in [0.29, 0.717) is 17.1 Å². The zero-order valence-electron chi connectivity index (χ0n) is 10.8. The fraction of sp³-hybridized carbons (Fsp3) is 0.0625. The predicted octanol–water partition coefficient (Wildman–Crippen LogP) is 4.84. The Labute approximate surface area is 138 Å². The molecule has 2 aromatic rings. The van der Waals surface area contributed by atoms with Crippen LogP contribution in [0.4, 0.5) is 0 Å². The fourth-order valence-electron chi connectivity index (χ4n) is 1.94. The van der Waals surface area contributed by atoms with Crippen LogP contribution < -0.4 is 9.47 Å². The highest BCUT2D eigenvalue weighted by Gasteiger charge is 2.15. The van der Waals surface area contributed by atoms with Gasteiger partial charge in [-0.25, -0.2) is 0 Å². The van der Waals surface area contributed by atoms with Gasteiger partial charge in [-0.05, 0) is 54.1 Å². The van der Waals surface area contributed by atoms with Gasteiger partial charge in [-0.15, -0.1) is 0 Å². The van der Waals surface area contributed by atoms with E-state index in [1.165, 1.54) is 0 Å². The molecule has 0 amide bonds. The van der Waals surface area contributed by atoms with E-state index >= 15 is 0 Å². The molecule has 5 heteroatoms. The van der Waals surface area contributed by atoms with E-state index in [9.17, 15) is 4.79 Å². The number of rotatable bonds is 3. The van der Waals surface area contributed by atoms with Crippen molar-refractivity contribution in [2.75, 3.05) is 6.79 Å². The minimum absolute atomic E-state index is 0.0490. The lowest BCUT2D eigenvalue weighted by Crippen LogP contribution is -1.93. The molecular weight excluding hydrogens is 400 g/mol. The first kappa shape index (κ1) is 14.4. The molecule has 0 fully saturated rings. The first-order valence-corrected chi connectivity index (χ1v) is 7.79. The zero-order valence-corrected chi connectivity index (χ0v) is 14.0. The maximum atomic E-state index is 12.1. The van der Waals surface area contributed by atoms with Gasteiger partial charge in [-0.2, -0.15) is 0 Å². The Balaban J connectivity index is 1.83. The molecule has 1 heterocycles. The lowest BCUT2D eigenvalue weighted by molar-refractivity contribution is 0.104. The van der Waals surface area contributed by atoms with Crippen LogP contribution >= 0.6 is 31.9 Å². The Morgan fingerprint density at radius 3 is 2.43 bits per heavy atom. The summed E-state index contributed by atoms with van der Waals surface area (Å²) in [5, 5.41) is 0. The van der Waals surface area contributed by atoms with Gasteiger partial charge in [0.1, 0.15) is 0 Å². The second kappa shape index (κ2) is 6.03. The van der Waals surface area contributed by atoms with Gasteiger partial charge in [0.2, 0.25) is 6.79 Å². The second-order valence-corrected chi connectivity index (χ2v) is 6.20. The van der Waals surface area contributed by atoms with Gasteiger partial charge in [-0.3, -0.25) is 4.79 Å². The van der Waals surface area contributed by atoms with Crippen LogP contribution in [0.2, 0.25) is 0 Å². The Morgan fingerprint density at radius 2 is 1.71 bits per heavy atom. The summed E-state index contributed by atoms with van der Waals surface area (Å²) in [7, 11) is 0. The number of benzene rings is 2. The summed E-state index contributed by atoms with van der Waals surface area (Å²) in [4.78, 5) is 12.1. The van der Waals surface area contributed by atoms with Gasteiger partial charge >= 0.3 is 0 Å². The summed E-state index contributed by atoms with van der Waals surface area (Å²) in [5.74, 6) is 1.35. The monoisotopic (exact) mass is 408 g/mol. The summed E-state index contributed by atoms with van der Waals surface area (Å²) in [5.41, 5.74) is 1.51. The molecule has 0 saturated carbocycles. The Bertz CT molecular complexity index is 721. The molecule has 2 aromatic carbocycles. The molecule has 0 unspecified atom stereocenters. The van der Waals surface area contributed by atoms with Gasteiger partial charge in [0.05, 0.1) is 0 Å². The SMILES string of the molecule is O=C(C=Cc1cc2c(cc1Br)OCO2)c1ccc(Br)cc1. The number of ketones is 1. The molecule has 0 spiro atoms. The van der Waals surface area contributed by atoms with Crippen LogP contribution in [0.3, 0.4) is 0 Å². The van der Waals surface area contributed by atoms with Crippen molar-refractivity contribution in [2.24, 2.45) is 0 Å². The van der Waals surface area contributed by atoms with Crippen molar-refractivity contribution in [1.29, 1.82) is 0 Å². The molecule has 0 saturated heterocycles. The van der Waals surface area contributed by atoms with Crippen LogP contribution in [0, 0.1) is 0 Å². The number of hydrogen-bond acceptors (Lipinski definition) is 3. The number of carbonyl (C=O) groups is 1. The molecule has 3 rings (SSSR count). The number of carbonyl (C=O) groups excluding carboxylic acids is 1. The average Bonchev–Trinajstić information content (AvgIpc) is 2.92. The van der Waals surface area contributed by atoms with Crippen LogP contribution in [0.15, 0.2) is 51.4 Å². The molecular formula is C16H10Br2O3. The van der Waals surface area contributed by atoms with E-state index < -0.39 is 0 Å². The minimum atomic E-state index is -0.0490. The van der Waals surface area contributed by atoms with Crippen molar-refractivity contribution >= 4 is 43.7 Å². The number of hydrogen-bond donors (Lipinski definition) is 0. The number of ether oxygens (including phenoxy) is 2. The minimum Gasteiger partial charge on any atom is -0.454 e. The molecule has 1 aliphatic rings. The van der Waals surface area contributed by atoms with Gasteiger partial charge in [-0.1, -0.05) is 31.9 Å². The molecule has 0 atom stereocenters. The smallest absolute Gasteiger partial charge is 0.231 e. The Kier molecular flexibility index (Phi) is 4.12. The van der Waals surface area contributed by atoms with E-state index in [-0.39, 0.29) is 12.6 Å². The van der Waals surface area contributed by atoms with E-state index in [1.807, 2.05) is 24.3 Å². The molecule has 0 aromatic heterocycles. The standard InChI is InChI=1S/C16H10Br2O3/c17-12-4-1-10(2-5-12)14(19)6-3-11-7-15-16(8-13(11)18)21-9-20-15/h1-8H,9H2. The van der Waals surface area contributed by atoms with E-state index in [1.54, 1.807) is 24.3 Å². The zero-order chi connectivity index (χ0) is 14.8. The summed E-state index contributed by atoms with van der Waals surface area (Å²) in [6, 6.07) is 10.9. The lowest BCUT2D eigenvalue weighted by atomic mass is 10.1. The maximum absolute atomic E-state index is 12.1. The largest absolute Gasteiger partial charge is 0.454 e. The molecule has 0 N–H and O–H groups in total. The van der Waals surface area contributed by atoms with E-state index in [4.69, 9.17) is 9.47 Å². The first-order valence-electron chi connectivity index (χ1n) is 6.20. The normalized spacial score (nSPS) is 12.9. The van der Waals surface area contributed by atoms with Crippen molar-refractivity contribution < 1.29 is 14.3 Å². The Hall–Kier alpha value is -1.59. The van der Waals surface area contributed by atoms with Crippen molar-refractivity contribution in [3.63, 3.8) is 0 Å². The number of allylic oxidation sites excluding steroid dienone is 1. The molecule has 0 aliphatic carbocycles. The third-order valence-corrected chi connectivity index (χ3v) is 4.25. The molecule has 3 nitrogen and oxygen atoms in total. The Morgan fingerprint density at radius 1 is 1.05 bits per heavy atom. The lowest BCUT2D eigenvalue weighted by Gasteiger charge is -2.02. The van der Waals surface area contributed by atoms with Gasteiger partial charge in [0.25, 0.3) is 0 Å². The quantitative estimate of drug-likeness (QED) is 0.537. The van der Waals surface area contributed by atoms with Crippen LogP contribution in [0.1, 0.15) is 15.9 Å². The molecule has 21 heavy (non-hydrogen) atoms.